The quantitative estimate of drug-likeness (QED) is 0.677. The lowest BCUT2D eigenvalue weighted by atomic mass is 10.1. The van der Waals surface area contributed by atoms with E-state index >= 15 is 0 Å². The Hall–Kier alpha value is -0.810. The third kappa shape index (κ3) is 9.26. The van der Waals surface area contributed by atoms with Gasteiger partial charge in [-0.1, -0.05) is 0 Å². The zero-order chi connectivity index (χ0) is 16.8. The predicted octanol–water partition coefficient (Wildman–Crippen LogP) is 2.75. The van der Waals surface area contributed by atoms with Gasteiger partial charge < -0.3 is 20.3 Å². The Balaban J connectivity index is 2.16. The van der Waals surface area contributed by atoms with Crippen molar-refractivity contribution < 1.29 is 9.53 Å². The summed E-state index contributed by atoms with van der Waals surface area (Å²) in [5, 5.41) is 6.87. The molecule has 0 saturated heterocycles. The molecule has 1 saturated carbocycles. The summed E-state index contributed by atoms with van der Waals surface area (Å²) in [6, 6.07) is 0.400. The van der Waals surface area contributed by atoms with Crippen LogP contribution >= 0.6 is 0 Å². The van der Waals surface area contributed by atoms with Crippen LogP contribution in [0.5, 0.6) is 0 Å². The van der Waals surface area contributed by atoms with Crippen molar-refractivity contribution in [3.05, 3.63) is 0 Å². The van der Waals surface area contributed by atoms with E-state index in [9.17, 15) is 4.79 Å². The van der Waals surface area contributed by atoms with E-state index in [0.717, 1.165) is 45.4 Å². The molecule has 5 heteroatoms. The summed E-state index contributed by atoms with van der Waals surface area (Å²) >= 11 is 0. The molecule has 2 N–H and O–H groups in total. The van der Waals surface area contributed by atoms with Crippen molar-refractivity contribution in [2.24, 2.45) is 0 Å². The average molecular weight is 313 g/mol. The van der Waals surface area contributed by atoms with Crippen LogP contribution in [-0.2, 0) is 4.74 Å². The van der Waals surface area contributed by atoms with Crippen LogP contribution in [0, 0.1) is 0 Å². The summed E-state index contributed by atoms with van der Waals surface area (Å²) in [5.41, 5.74) is -0.248. The summed E-state index contributed by atoms with van der Waals surface area (Å²) in [6.07, 6.45) is 3.03. The van der Waals surface area contributed by atoms with Crippen molar-refractivity contribution in [3.8, 4) is 0 Å². The number of rotatable bonds is 8. The van der Waals surface area contributed by atoms with Gasteiger partial charge in [-0.05, 0) is 67.3 Å². The van der Waals surface area contributed by atoms with Crippen LogP contribution in [0.2, 0.25) is 0 Å². The van der Waals surface area contributed by atoms with Gasteiger partial charge in [-0.15, -0.1) is 0 Å². The second kappa shape index (κ2) is 8.16. The van der Waals surface area contributed by atoms with Crippen molar-refractivity contribution in [2.75, 3.05) is 26.2 Å². The Bertz CT molecular complexity index is 341. The second-order valence-corrected chi connectivity index (χ2v) is 8.19. The molecular weight excluding hydrogens is 278 g/mol. The second-order valence-electron chi connectivity index (χ2n) is 8.19. The fraction of sp³-hybridized carbons (Fsp3) is 0.941. The van der Waals surface area contributed by atoms with Gasteiger partial charge in [-0.2, -0.15) is 0 Å². The highest BCUT2D eigenvalue weighted by Crippen LogP contribution is 2.28. The molecule has 22 heavy (non-hydrogen) atoms. The molecule has 0 aromatic heterocycles. The van der Waals surface area contributed by atoms with E-state index in [1.54, 1.807) is 0 Å². The van der Waals surface area contributed by atoms with Crippen molar-refractivity contribution in [1.82, 2.24) is 15.5 Å². The van der Waals surface area contributed by atoms with E-state index in [1.807, 2.05) is 25.7 Å². The first kappa shape index (κ1) is 19.2. The zero-order valence-electron chi connectivity index (χ0n) is 15.3. The Morgan fingerprint density at radius 3 is 2.23 bits per heavy atom. The van der Waals surface area contributed by atoms with Crippen LogP contribution in [0.3, 0.4) is 0 Å². The summed E-state index contributed by atoms with van der Waals surface area (Å²) in [7, 11) is 0. The number of nitrogens with one attached hydrogen (secondary N) is 2. The molecule has 1 amide bonds. The summed E-state index contributed by atoms with van der Waals surface area (Å²) < 4.78 is 5.49. The lowest BCUT2D eigenvalue weighted by Gasteiger charge is -2.27. The number of ether oxygens (including phenoxy) is 1. The smallest absolute Gasteiger partial charge is 0.410 e. The molecule has 0 atom stereocenters. The first-order valence-corrected chi connectivity index (χ1v) is 8.54. The highest BCUT2D eigenvalue weighted by atomic mass is 16.6. The number of amides is 1. The van der Waals surface area contributed by atoms with Gasteiger partial charge in [0.15, 0.2) is 0 Å². The molecule has 5 nitrogen and oxygen atoms in total. The Kier molecular flexibility index (Phi) is 7.13. The first-order chi connectivity index (χ1) is 10.1. The van der Waals surface area contributed by atoms with Gasteiger partial charge >= 0.3 is 6.09 Å². The highest BCUT2D eigenvalue weighted by molar-refractivity contribution is 5.69. The van der Waals surface area contributed by atoms with E-state index < -0.39 is 5.60 Å². The molecule has 0 aliphatic heterocycles. The van der Waals surface area contributed by atoms with Gasteiger partial charge in [-0.25, -0.2) is 4.79 Å². The maximum absolute atomic E-state index is 12.2. The van der Waals surface area contributed by atoms with Crippen molar-refractivity contribution in [3.63, 3.8) is 0 Å². The van der Waals surface area contributed by atoms with Crippen molar-refractivity contribution in [1.29, 1.82) is 0 Å². The zero-order valence-corrected chi connectivity index (χ0v) is 15.3. The van der Waals surface area contributed by atoms with Gasteiger partial charge in [0.2, 0.25) is 0 Å². The minimum Gasteiger partial charge on any atom is -0.444 e. The standard InChI is InChI=1S/C17H35N3O2/c1-16(2,3)19-12-11-18-10-7-13-20(14-8-9-14)15(21)22-17(4,5)6/h14,18-19H,7-13H2,1-6H3. The van der Waals surface area contributed by atoms with Gasteiger partial charge in [-0.3, -0.25) is 0 Å². The fourth-order valence-electron chi connectivity index (χ4n) is 2.15. The maximum atomic E-state index is 12.2. The molecule has 0 heterocycles. The van der Waals surface area contributed by atoms with Crippen molar-refractivity contribution in [2.45, 2.75) is 78.0 Å². The first-order valence-electron chi connectivity index (χ1n) is 8.54. The SMILES string of the molecule is CC(C)(C)NCCNCCCN(C(=O)OC(C)(C)C)C1CC1. The largest absolute Gasteiger partial charge is 0.444 e. The number of hydrogen-bond acceptors (Lipinski definition) is 4. The van der Waals surface area contributed by atoms with Gasteiger partial charge in [0, 0.05) is 31.2 Å². The minimum atomic E-state index is -0.416. The number of carbonyl (C=O) groups excluding carboxylic acids is 1. The summed E-state index contributed by atoms with van der Waals surface area (Å²) in [6.45, 7) is 15.9. The van der Waals surface area contributed by atoms with E-state index in [-0.39, 0.29) is 11.6 Å². The molecular formula is C17H35N3O2. The number of nitrogens with zero attached hydrogens (tertiary/aromatic N) is 1. The summed E-state index contributed by atoms with van der Waals surface area (Å²) in [4.78, 5) is 14.1. The molecule has 0 unspecified atom stereocenters. The molecule has 0 radical (unpaired) electrons. The van der Waals surface area contributed by atoms with Crippen LogP contribution in [0.25, 0.3) is 0 Å². The van der Waals surface area contributed by atoms with Crippen molar-refractivity contribution >= 4 is 6.09 Å². The molecule has 1 aliphatic rings. The molecule has 0 aromatic carbocycles. The van der Waals surface area contributed by atoms with E-state index in [0.29, 0.717) is 6.04 Å². The van der Waals surface area contributed by atoms with Gasteiger partial charge in [0.1, 0.15) is 5.60 Å². The molecule has 1 fully saturated rings. The van der Waals surface area contributed by atoms with Gasteiger partial charge in [0.05, 0.1) is 0 Å². The Morgan fingerprint density at radius 1 is 1.09 bits per heavy atom. The van der Waals surface area contributed by atoms with E-state index in [4.69, 9.17) is 4.74 Å². The molecule has 0 aromatic rings. The monoisotopic (exact) mass is 313 g/mol. The predicted molar refractivity (Wildman–Crippen MR) is 91.2 cm³/mol. The van der Waals surface area contributed by atoms with Crippen LogP contribution in [0.4, 0.5) is 4.79 Å². The number of hydrogen-bond donors (Lipinski definition) is 2. The topological polar surface area (TPSA) is 53.6 Å². The lowest BCUT2D eigenvalue weighted by molar-refractivity contribution is 0.0232. The lowest BCUT2D eigenvalue weighted by Crippen LogP contribution is -2.41. The Morgan fingerprint density at radius 2 is 1.73 bits per heavy atom. The summed E-state index contributed by atoms with van der Waals surface area (Å²) in [5.74, 6) is 0. The van der Waals surface area contributed by atoms with E-state index in [1.165, 1.54) is 0 Å². The normalized spacial score (nSPS) is 15.7. The minimum absolute atomic E-state index is 0.163. The maximum Gasteiger partial charge on any atom is 0.410 e. The van der Waals surface area contributed by atoms with Gasteiger partial charge in [0.25, 0.3) is 0 Å². The number of carbonyl (C=O) groups is 1. The molecule has 0 bridgehead atoms. The molecule has 130 valence electrons. The molecule has 1 rings (SSSR count). The van der Waals surface area contributed by atoms with Crippen LogP contribution < -0.4 is 10.6 Å². The Labute approximate surface area is 136 Å². The third-order valence-electron chi connectivity index (χ3n) is 3.33. The highest BCUT2D eigenvalue weighted by Gasteiger charge is 2.34. The average Bonchev–Trinajstić information content (AvgIpc) is 3.13. The van der Waals surface area contributed by atoms with E-state index in [2.05, 4.69) is 31.4 Å². The van der Waals surface area contributed by atoms with Crippen LogP contribution in [0.1, 0.15) is 60.8 Å². The molecule has 0 spiro atoms. The van der Waals surface area contributed by atoms with Crippen LogP contribution in [0.15, 0.2) is 0 Å². The van der Waals surface area contributed by atoms with Crippen LogP contribution in [-0.4, -0.2) is 54.4 Å². The molecule has 1 aliphatic carbocycles. The third-order valence-corrected chi connectivity index (χ3v) is 3.33. The fourth-order valence-corrected chi connectivity index (χ4v) is 2.15.